The molecule has 0 unspecified atom stereocenters. The van der Waals surface area contributed by atoms with Gasteiger partial charge in [-0.15, -0.1) is 0 Å². The Morgan fingerprint density at radius 2 is 1.88 bits per heavy atom. The lowest BCUT2D eigenvalue weighted by Gasteiger charge is -2.35. The molecule has 2 heterocycles. The number of aromatic nitrogens is 1. The van der Waals surface area contributed by atoms with E-state index in [0.29, 0.717) is 35.9 Å². The number of anilines is 2. The normalized spacial score (nSPS) is 20.2. The van der Waals surface area contributed by atoms with E-state index in [1.54, 1.807) is 63.1 Å². The van der Waals surface area contributed by atoms with Gasteiger partial charge in [-0.2, -0.15) is 0 Å². The maximum absolute atomic E-state index is 14.4. The molecule has 4 atom stereocenters. The second-order valence-electron chi connectivity index (χ2n) is 12.4. The Balaban J connectivity index is 1.63. The predicted molar refractivity (Wildman–Crippen MR) is 182 cm³/mol. The lowest BCUT2D eigenvalue weighted by molar-refractivity contribution is -0.0115. The topological polar surface area (TPSA) is 164 Å². The van der Waals surface area contributed by atoms with Crippen molar-refractivity contribution in [2.24, 2.45) is 5.92 Å². The molecule has 13 nitrogen and oxygen atoms in total. The van der Waals surface area contributed by atoms with Gasteiger partial charge in [-0.3, -0.25) is 9.52 Å². The van der Waals surface area contributed by atoms with Crippen LogP contribution in [0.2, 0.25) is 0 Å². The van der Waals surface area contributed by atoms with E-state index in [-0.39, 0.29) is 53.9 Å². The molecule has 14 heteroatoms. The van der Waals surface area contributed by atoms with Gasteiger partial charge in [0.25, 0.3) is 15.9 Å². The number of fused-ring (bicyclic) bond motifs is 1. The average molecular weight is 686 g/mol. The van der Waals surface area contributed by atoms with Gasteiger partial charge >= 0.3 is 6.03 Å². The van der Waals surface area contributed by atoms with Crippen LogP contribution in [0, 0.1) is 19.8 Å². The number of carbonyl (C=O) groups excluding carboxylic acids is 2. The van der Waals surface area contributed by atoms with Crippen molar-refractivity contribution in [3.8, 4) is 5.75 Å². The molecule has 3 N–H and O–H groups in total. The van der Waals surface area contributed by atoms with Crippen molar-refractivity contribution in [3.63, 3.8) is 0 Å². The number of nitrogens with one attached hydrogen (secondary N) is 2. The minimum absolute atomic E-state index is 0.0852. The number of benzene rings is 2. The lowest BCUT2D eigenvalue weighted by Crippen LogP contribution is -2.48. The molecule has 0 saturated carbocycles. The number of hydrogen-bond donors (Lipinski definition) is 3. The van der Waals surface area contributed by atoms with Gasteiger partial charge in [0.1, 0.15) is 17.1 Å². The zero-order valence-electron chi connectivity index (χ0n) is 28.4. The first-order valence-electron chi connectivity index (χ1n) is 16.2. The molecule has 4 rings (SSSR count). The third kappa shape index (κ3) is 9.26. The van der Waals surface area contributed by atoms with Crippen LogP contribution in [0.1, 0.15) is 61.8 Å². The second kappa shape index (κ2) is 16.3. The van der Waals surface area contributed by atoms with Crippen LogP contribution in [0.4, 0.5) is 16.2 Å². The summed E-state index contributed by atoms with van der Waals surface area (Å²) in [4.78, 5) is 30.7. The summed E-state index contributed by atoms with van der Waals surface area (Å²) in [6.07, 6.45) is 1.55. The second-order valence-corrected chi connectivity index (χ2v) is 14.1. The van der Waals surface area contributed by atoms with Crippen LogP contribution in [-0.2, 0) is 14.8 Å². The van der Waals surface area contributed by atoms with Crippen molar-refractivity contribution >= 4 is 33.3 Å². The Morgan fingerprint density at radius 3 is 2.54 bits per heavy atom. The molecule has 0 saturated heterocycles. The highest BCUT2D eigenvalue weighted by Crippen LogP contribution is 2.30. The van der Waals surface area contributed by atoms with Crippen molar-refractivity contribution in [2.45, 2.75) is 77.0 Å². The van der Waals surface area contributed by atoms with Gasteiger partial charge in [0.05, 0.1) is 35.3 Å². The fourth-order valence-corrected chi connectivity index (χ4v) is 6.55. The van der Waals surface area contributed by atoms with Gasteiger partial charge in [0.2, 0.25) is 0 Å². The molecule has 262 valence electrons. The third-order valence-corrected chi connectivity index (χ3v) is 9.82. The molecule has 0 bridgehead atoms. The number of likely N-dealkylation sites (N-methyl/N-ethyl adjacent to an activating group) is 1. The maximum Gasteiger partial charge on any atom is 0.321 e. The van der Waals surface area contributed by atoms with Gasteiger partial charge in [0.15, 0.2) is 5.76 Å². The summed E-state index contributed by atoms with van der Waals surface area (Å²) in [6.45, 7) is 9.60. The Hall–Kier alpha value is -4.14. The molecule has 3 aromatic rings. The number of sulfonamides is 1. The minimum Gasteiger partial charge on any atom is -0.490 e. The Bertz CT molecular complexity index is 1630. The van der Waals surface area contributed by atoms with Crippen LogP contribution in [0.15, 0.2) is 57.9 Å². The van der Waals surface area contributed by atoms with E-state index in [9.17, 15) is 23.1 Å². The molecule has 3 amide bonds. The van der Waals surface area contributed by atoms with E-state index in [4.69, 9.17) is 14.0 Å². The molecule has 1 aliphatic heterocycles. The molecule has 2 aromatic carbocycles. The smallest absolute Gasteiger partial charge is 0.321 e. The number of aliphatic hydroxyl groups excluding tert-OH is 1. The first-order valence-corrected chi connectivity index (χ1v) is 17.7. The van der Waals surface area contributed by atoms with Crippen molar-refractivity contribution < 1.29 is 37.1 Å². The van der Waals surface area contributed by atoms with Gasteiger partial charge < -0.3 is 34.2 Å². The van der Waals surface area contributed by atoms with Crippen LogP contribution >= 0.6 is 0 Å². The molecule has 0 fully saturated rings. The zero-order chi connectivity index (χ0) is 35.0. The summed E-state index contributed by atoms with van der Waals surface area (Å²) in [5.74, 6) is 0.104. The summed E-state index contributed by atoms with van der Waals surface area (Å²) >= 11 is 0. The monoisotopic (exact) mass is 685 g/mol. The number of aryl methyl sites for hydroxylation is 2. The van der Waals surface area contributed by atoms with Gasteiger partial charge in [-0.05, 0) is 77.3 Å². The van der Waals surface area contributed by atoms with Crippen molar-refractivity contribution in [3.05, 3.63) is 65.5 Å². The summed E-state index contributed by atoms with van der Waals surface area (Å²) < 4.78 is 46.6. The van der Waals surface area contributed by atoms with Crippen LogP contribution in [0.25, 0.3) is 0 Å². The predicted octanol–water partition coefficient (Wildman–Crippen LogP) is 5.05. The first kappa shape index (κ1) is 36.7. The fraction of sp³-hybridized carbons (Fsp3) is 0.500. The lowest BCUT2D eigenvalue weighted by atomic mass is 10.0. The maximum atomic E-state index is 14.4. The van der Waals surface area contributed by atoms with Crippen LogP contribution in [0.5, 0.6) is 5.75 Å². The van der Waals surface area contributed by atoms with Crippen LogP contribution < -0.4 is 14.8 Å². The SMILES string of the molecule is Cc1noc(C)c1NC(=O)N(C)C[C@@H]1OCCCC[C@H](C)Oc2ccc(NS(=O)(=O)c3ccccc3)cc2C(=O)N([C@@H](C)CO)C[C@H]1C. The standard InChI is InChI=1S/C34H47N5O8S/c1-22-19-39(23(2)21-40)33(41)29-18-27(37-48(43,44)28-13-8-7-9-14-28)15-16-30(29)46-24(3)12-10-11-17-45-31(22)20-38(6)34(42)35-32-25(4)36-47-26(32)5/h7-9,13-16,18,22-24,31,37,40H,10-12,17,19-21H2,1-6H3,(H,35,42)/t22-,23+,24+,31+/m1/s1. The van der Waals surface area contributed by atoms with Gasteiger partial charge in [-0.1, -0.05) is 30.3 Å². The number of urea groups is 1. The first-order chi connectivity index (χ1) is 22.8. The average Bonchev–Trinajstić information content (AvgIpc) is 3.38. The van der Waals surface area contributed by atoms with Crippen molar-refractivity contribution in [1.29, 1.82) is 0 Å². The quantitative estimate of drug-likeness (QED) is 0.294. The number of nitrogens with zero attached hydrogens (tertiary/aromatic N) is 3. The number of carbonyl (C=O) groups is 2. The van der Waals surface area contributed by atoms with E-state index in [2.05, 4.69) is 15.2 Å². The van der Waals surface area contributed by atoms with E-state index in [1.165, 1.54) is 23.1 Å². The summed E-state index contributed by atoms with van der Waals surface area (Å²) in [5, 5.41) is 17.0. The number of amides is 3. The molecule has 0 radical (unpaired) electrons. The zero-order valence-corrected chi connectivity index (χ0v) is 29.2. The molecular weight excluding hydrogens is 638 g/mol. The number of hydrogen-bond acceptors (Lipinski definition) is 9. The number of rotatable bonds is 8. The highest BCUT2D eigenvalue weighted by Gasteiger charge is 2.31. The highest BCUT2D eigenvalue weighted by atomic mass is 32.2. The fourth-order valence-electron chi connectivity index (χ4n) is 5.48. The molecule has 0 aliphatic carbocycles. The highest BCUT2D eigenvalue weighted by molar-refractivity contribution is 7.92. The summed E-state index contributed by atoms with van der Waals surface area (Å²) in [7, 11) is -2.26. The molecule has 1 aliphatic rings. The van der Waals surface area contributed by atoms with E-state index in [1.807, 2.05) is 13.8 Å². The number of aliphatic hydroxyl groups is 1. The largest absolute Gasteiger partial charge is 0.490 e. The molecule has 1 aromatic heterocycles. The summed E-state index contributed by atoms with van der Waals surface area (Å²) in [6, 6.07) is 11.6. The van der Waals surface area contributed by atoms with Crippen LogP contribution in [-0.4, -0.2) is 92.0 Å². The minimum atomic E-state index is -3.93. The van der Waals surface area contributed by atoms with E-state index >= 15 is 0 Å². The van der Waals surface area contributed by atoms with Gasteiger partial charge in [0, 0.05) is 38.3 Å². The Labute approximate surface area is 282 Å². The summed E-state index contributed by atoms with van der Waals surface area (Å²) in [5.41, 5.74) is 1.44. The van der Waals surface area contributed by atoms with Crippen molar-refractivity contribution in [2.75, 3.05) is 43.4 Å². The van der Waals surface area contributed by atoms with Gasteiger partial charge in [-0.25, -0.2) is 13.2 Å². The molecular formula is C34H47N5O8S. The van der Waals surface area contributed by atoms with Crippen molar-refractivity contribution in [1.82, 2.24) is 15.0 Å². The Kier molecular flexibility index (Phi) is 12.5. The van der Waals surface area contributed by atoms with Crippen LogP contribution in [0.3, 0.4) is 0 Å². The van der Waals surface area contributed by atoms with E-state index in [0.717, 1.165) is 12.8 Å². The van der Waals surface area contributed by atoms with E-state index < -0.39 is 28.1 Å². The molecule has 0 spiro atoms. The third-order valence-electron chi connectivity index (χ3n) is 8.42. The molecule has 48 heavy (non-hydrogen) atoms. The Morgan fingerprint density at radius 1 is 1.15 bits per heavy atom. The number of ether oxygens (including phenoxy) is 2.